The lowest BCUT2D eigenvalue weighted by Gasteiger charge is -2.23. The van der Waals surface area contributed by atoms with Crippen LogP contribution in [0.4, 0.5) is 5.69 Å². The predicted octanol–water partition coefficient (Wildman–Crippen LogP) is 4.74. The van der Waals surface area contributed by atoms with Gasteiger partial charge in [0.05, 0.1) is 23.4 Å². The Morgan fingerprint density at radius 3 is 2.84 bits per heavy atom. The van der Waals surface area contributed by atoms with E-state index in [1.165, 1.54) is 20.0 Å². The minimum Gasteiger partial charge on any atom is -0.503 e. The molecule has 32 heavy (non-hydrogen) atoms. The van der Waals surface area contributed by atoms with E-state index in [1.807, 2.05) is 24.3 Å². The van der Waals surface area contributed by atoms with Gasteiger partial charge >= 0.3 is 11.3 Å². The van der Waals surface area contributed by atoms with Crippen LogP contribution >= 0.6 is 23.4 Å². The molecule has 1 atom stereocenters. The molecule has 1 aliphatic rings. The topological polar surface area (TPSA) is 91.1 Å². The van der Waals surface area contributed by atoms with E-state index in [2.05, 4.69) is 17.2 Å². The van der Waals surface area contributed by atoms with Crippen molar-refractivity contribution in [2.75, 3.05) is 18.2 Å². The van der Waals surface area contributed by atoms with Crippen LogP contribution in [0.2, 0.25) is 5.02 Å². The standard InChI is InChI=1S/C23H25ClN4O3S/c1-3-4-5-8-11-32-23-26-22(30)19-15-9-6-7-10-17(15)25-21(28(19)27-23)14-12-16(24)20(29)18(13-14)31-2/h6-7,9-10,12-13,21H,3-5,8,11H2,1-2H3,(H2,26,27,29,30)/p+1/t21-/m0/s1. The molecule has 1 aromatic heterocycles. The van der Waals surface area contributed by atoms with Gasteiger partial charge in [0.25, 0.3) is 6.17 Å². The Hall–Kier alpha value is -2.71. The second-order valence-electron chi connectivity index (χ2n) is 7.61. The summed E-state index contributed by atoms with van der Waals surface area (Å²) in [6.07, 6.45) is 4.11. The molecule has 2 aromatic carbocycles. The summed E-state index contributed by atoms with van der Waals surface area (Å²) in [6.45, 7) is 2.18. The first-order valence-electron chi connectivity index (χ1n) is 10.6. The third-order valence-electron chi connectivity index (χ3n) is 5.41. The summed E-state index contributed by atoms with van der Waals surface area (Å²) in [5, 5.41) is 19.1. The van der Waals surface area contributed by atoms with Gasteiger partial charge in [-0.2, -0.15) is 0 Å². The smallest absolute Gasteiger partial charge is 0.325 e. The highest BCUT2D eigenvalue weighted by Gasteiger charge is 2.38. The van der Waals surface area contributed by atoms with Gasteiger partial charge < -0.3 is 15.2 Å². The highest BCUT2D eigenvalue weighted by Crippen LogP contribution is 2.38. The summed E-state index contributed by atoms with van der Waals surface area (Å²) in [5.74, 6) is 1.02. The lowest BCUT2D eigenvalue weighted by molar-refractivity contribution is -0.759. The van der Waals surface area contributed by atoms with E-state index in [4.69, 9.17) is 21.4 Å². The zero-order chi connectivity index (χ0) is 22.7. The largest absolute Gasteiger partial charge is 0.503 e. The van der Waals surface area contributed by atoms with Crippen molar-refractivity contribution in [3.8, 4) is 22.8 Å². The molecule has 9 heteroatoms. The number of aromatic amines is 1. The zero-order valence-corrected chi connectivity index (χ0v) is 19.6. The van der Waals surface area contributed by atoms with Gasteiger partial charge in [0.15, 0.2) is 11.5 Å². The number of para-hydroxylation sites is 1. The number of hydrogen-bond donors (Lipinski definition) is 3. The molecule has 0 spiro atoms. The van der Waals surface area contributed by atoms with Crippen molar-refractivity contribution in [1.29, 1.82) is 0 Å². The molecule has 0 saturated carbocycles. The monoisotopic (exact) mass is 473 g/mol. The molecule has 1 aliphatic heterocycles. The number of anilines is 1. The van der Waals surface area contributed by atoms with Gasteiger partial charge in [-0.3, -0.25) is 9.78 Å². The summed E-state index contributed by atoms with van der Waals surface area (Å²) >= 11 is 7.80. The van der Waals surface area contributed by atoms with Crippen LogP contribution < -0.4 is 20.3 Å². The fourth-order valence-corrected chi connectivity index (χ4v) is 4.86. The van der Waals surface area contributed by atoms with Crippen LogP contribution in [0.1, 0.15) is 44.3 Å². The number of fused-ring (bicyclic) bond motifs is 3. The number of H-pyrrole nitrogens is 1. The molecule has 2 heterocycles. The van der Waals surface area contributed by atoms with E-state index in [1.54, 1.807) is 28.6 Å². The minimum atomic E-state index is -0.506. The molecule has 3 N–H and O–H groups in total. The molecule has 0 radical (unpaired) electrons. The molecule has 0 bridgehead atoms. The SMILES string of the molecule is CCCCCCSc1n[n+]2c(c(=O)[nH]1)-c1ccccc1N[C@@H]2c1cc(Cl)c(O)c(OC)c1. The van der Waals surface area contributed by atoms with Crippen molar-refractivity contribution in [3.05, 3.63) is 57.3 Å². The normalized spacial score (nSPS) is 14.4. The molecule has 0 saturated heterocycles. The van der Waals surface area contributed by atoms with Crippen LogP contribution in [0.3, 0.4) is 0 Å². The zero-order valence-electron chi connectivity index (χ0n) is 18.0. The first-order chi connectivity index (χ1) is 15.5. The third kappa shape index (κ3) is 4.42. The highest BCUT2D eigenvalue weighted by atomic mass is 35.5. The summed E-state index contributed by atoms with van der Waals surface area (Å²) in [4.78, 5) is 16.1. The number of benzene rings is 2. The number of nitrogens with zero attached hydrogens (tertiary/aromatic N) is 2. The molecule has 3 aromatic rings. The number of thioether (sulfide) groups is 1. The van der Waals surface area contributed by atoms with E-state index < -0.39 is 6.17 Å². The number of unbranched alkanes of at least 4 members (excludes halogenated alkanes) is 3. The summed E-state index contributed by atoms with van der Waals surface area (Å²) in [5.41, 5.74) is 2.55. The van der Waals surface area contributed by atoms with E-state index in [0.29, 0.717) is 16.4 Å². The quantitative estimate of drug-likeness (QED) is 0.249. The van der Waals surface area contributed by atoms with Gasteiger partial charge in [-0.25, -0.2) is 0 Å². The van der Waals surface area contributed by atoms with Crippen LogP contribution in [0, 0.1) is 0 Å². The van der Waals surface area contributed by atoms with E-state index in [9.17, 15) is 9.90 Å². The van der Waals surface area contributed by atoms with Crippen LogP contribution in [0.25, 0.3) is 11.3 Å². The summed E-state index contributed by atoms with van der Waals surface area (Å²) < 4.78 is 6.98. The maximum Gasteiger partial charge on any atom is 0.325 e. The number of phenols is 1. The number of aromatic nitrogens is 3. The third-order valence-corrected chi connectivity index (χ3v) is 6.64. The van der Waals surface area contributed by atoms with E-state index in [0.717, 1.165) is 29.8 Å². The number of nitrogens with one attached hydrogen (secondary N) is 2. The van der Waals surface area contributed by atoms with Crippen molar-refractivity contribution in [1.82, 2.24) is 10.1 Å². The molecular weight excluding hydrogens is 448 g/mol. The second-order valence-corrected chi connectivity index (χ2v) is 9.10. The van der Waals surface area contributed by atoms with Crippen LogP contribution in [0.5, 0.6) is 11.5 Å². The number of ether oxygens (including phenoxy) is 1. The van der Waals surface area contributed by atoms with Crippen LogP contribution in [-0.4, -0.2) is 28.1 Å². The molecule has 168 valence electrons. The summed E-state index contributed by atoms with van der Waals surface area (Å²) in [6, 6.07) is 11.0. The second kappa shape index (κ2) is 9.83. The lowest BCUT2D eigenvalue weighted by Crippen LogP contribution is -2.55. The number of methoxy groups -OCH3 is 1. The van der Waals surface area contributed by atoms with Gasteiger partial charge in [-0.15, -0.1) is 0 Å². The minimum absolute atomic E-state index is 0.124. The fraction of sp³-hybridized carbons (Fsp3) is 0.348. The number of halogens is 1. The predicted molar refractivity (Wildman–Crippen MR) is 127 cm³/mol. The van der Waals surface area contributed by atoms with Crippen LogP contribution in [0.15, 0.2) is 46.3 Å². The molecule has 7 nitrogen and oxygen atoms in total. The van der Waals surface area contributed by atoms with Gasteiger partial charge in [0.1, 0.15) is 0 Å². The Balaban J connectivity index is 1.78. The average Bonchev–Trinajstić information content (AvgIpc) is 2.80. The van der Waals surface area contributed by atoms with Crippen molar-refractivity contribution in [3.63, 3.8) is 0 Å². The Kier molecular flexibility index (Phi) is 6.91. The fourth-order valence-electron chi connectivity index (χ4n) is 3.78. The molecule has 4 rings (SSSR count). The number of rotatable bonds is 8. The van der Waals surface area contributed by atoms with Crippen molar-refractivity contribution in [2.45, 2.75) is 43.9 Å². The van der Waals surface area contributed by atoms with E-state index >= 15 is 0 Å². The molecular formula is C23H26ClN4O3S+. The van der Waals surface area contributed by atoms with Gasteiger partial charge in [-0.1, -0.05) is 61.7 Å². The van der Waals surface area contributed by atoms with Gasteiger partial charge in [-0.05, 0) is 35.4 Å². The maximum atomic E-state index is 13.2. The highest BCUT2D eigenvalue weighted by molar-refractivity contribution is 7.99. The first-order valence-corrected chi connectivity index (χ1v) is 12.0. The van der Waals surface area contributed by atoms with Crippen molar-refractivity contribution in [2.24, 2.45) is 0 Å². The molecule has 0 aliphatic carbocycles. The Morgan fingerprint density at radius 1 is 1.25 bits per heavy atom. The molecule has 0 unspecified atom stereocenters. The molecule has 0 fully saturated rings. The molecule has 0 amide bonds. The lowest BCUT2D eigenvalue weighted by atomic mass is 10.0. The van der Waals surface area contributed by atoms with Crippen LogP contribution in [-0.2, 0) is 0 Å². The van der Waals surface area contributed by atoms with E-state index in [-0.39, 0.29) is 22.1 Å². The van der Waals surface area contributed by atoms with Gasteiger partial charge in [0, 0.05) is 16.4 Å². The number of phenolic OH excluding ortho intramolecular Hbond substituents is 1. The Morgan fingerprint density at radius 2 is 2.06 bits per heavy atom. The first kappa shape index (κ1) is 22.5. The van der Waals surface area contributed by atoms with Gasteiger partial charge in [0.2, 0.25) is 5.16 Å². The Labute approximate surface area is 195 Å². The maximum absolute atomic E-state index is 13.2. The Bertz CT molecular complexity index is 1180. The number of aromatic hydroxyl groups is 1. The average molecular weight is 474 g/mol. The van der Waals surface area contributed by atoms with Crippen molar-refractivity contribution < 1.29 is 14.5 Å². The summed E-state index contributed by atoms with van der Waals surface area (Å²) in [7, 11) is 1.47. The van der Waals surface area contributed by atoms with Crippen molar-refractivity contribution >= 4 is 29.1 Å². The number of hydrogen-bond acceptors (Lipinski definition) is 6.